The van der Waals surface area contributed by atoms with Crippen LogP contribution in [-0.4, -0.2) is 10.2 Å². The molecule has 0 radical (unpaired) electrons. The minimum absolute atomic E-state index is 0.0681. The van der Waals surface area contributed by atoms with Gasteiger partial charge in [0.1, 0.15) is 5.75 Å². The number of aliphatic hydroxyl groups is 1. The summed E-state index contributed by atoms with van der Waals surface area (Å²) < 4.78 is 0. The number of benzene rings is 1. The molecule has 1 aliphatic carbocycles. The van der Waals surface area contributed by atoms with Gasteiger partial charge in [0, 0.05) is 17.2 Å². The number of phenols is 1. The number of rotatable bonds is 1. The van der Waals surface area contributed by atoms with E-state index in [0.29, 0.717) is 5.56 Å². The van der Waals surface area contributed by atoms with Crippen LogP contribution in [0.2, 0.25) is 0 Å². The summed E-state index contributed by atoms with van der Waals surface area (Å²) in [5.74, 6) is 0.185. The van der Waals surface area contributed by atoms with E-state index >= 15 is 0 Å². The number of aryl methyl sites for hydroxylation is 1. The molecule has 2 rings (SSSR count). The number of nitrogens with two attached hydrogens (primary N) is 1. The predicted octanol–water partition coefficient (Wildman–Crippen LogP) is 0.831. The fourth-order valence-electron chi connectivity index (χ4n) is 1.91. The Labute approximate surface area is 76.8 Å². The first-order valence-electron chi connectivity index (χ1n) is 4.44. The molecule has 0 aliphatic heterocycles. The summed E-state index contributed by atoms with van der Waals surface area (Å²) in [6.07, 6.45) is 1.81. The van der Waals surface area contributed by atoms with Crippen LogP contribution in [0.3, 0.4) is 0 Å². The molecule has 0 aromatic heterocycles. The number of fused-ring (bicyclic) bond motifs is 1. The molecule has 1 aliphatic rings. The van der Waals surface area contributed by atoms with Gasteiger partial charge in [0.05, 0.1) is 6.61 Å². The first-order valence-corrected chi connectivity index (χ1v) is 4.44. The summed E-state index contributed by atoms with van der Waals surface area (Å²) in [7, 11) is 0. The second-order valence-electron chi connectivity index (χ2n) is 3.45. The van der Waals surface area contributed by atoms with E-state index in [1.54, 1.807) is 6.07 Å². The number of hydrogen-bond acceptors (Lipinski definition) is 3. The molecule has 4 N–H and O–H groups in total. The van der Waals surface area contributed by atoms with Crippen LogP contribution in [-0.2, 0) is 13.0 Å². The highest BCUT2D eigenvalue weighted by atomic mass is 16.3. The topological polar surface area (TPSA) is 66.5 Å². The van der Waals surface area contributed by atoms with Gasteiger partial charge in [0.2, 0.25) is 0 Å². The van der Waals surface area contributed by atoms with E-state index in [1.165, 1.54) is 0 Å². The molecule has 0 bridgehead atoms. The molecule has 0 saturated heterocycles. The summed E-state index contributed by atoms with van der Waals surface area (Å²) in [5.41, 5.74) is 8.33. The van der Waals surface area contributed by atoms with Crippen molar-refractivity contribution in [2.45, 2.75) is 25.5 Å². The lowest BCUT2D eigenvalue weighted by Crippen LogP contribution is -2.06. The lowest BCUT2D eigenvalue weighted by Gasteiger charge is -2.10. The Hall–Kier alpha value is -1.06. The van der Waals surface area contributed by atoms with Gasteiger partial charge < -0.3 is 15.9 Å². The molecule has 0 amide bonds. The van der Waals surface area contributed by atoms with Gasteiger partial charge in [-0.15, -0.1) is 0 Å². The zero-order chi connectivity index (χ0) is 9.42. The predicted molar refractivity (Wildman–Crippen MR) is 49.3 cm³/mol. The lowest BCUT2D eigenvalue weighted by molar-refractivity contribution is 0.275. The molecule has 0 fully saturated rings. The van der Waals surface area contributed by atoms with Crippen molar-refractivity contribution in [3.8, 4) is 5.75 Å². The van der Waals surface area contributed by atoms with Crippen LogP contribution >= 0.6 is 0 Å². The lowest BCUT2D eigenvalue weighted by atomic mass is 10.0. The van der Waals surface area contributed by atoms with Crippen molar-refractivity contribution in [2.24, 2.45) is 5.73 Å². The monoisotopic (exact) mass is 179 g/mol. The van der Waals surface area contributed by atoms with Gasteiger partial charge in [-0.1, -0.05) is 12.1 Å². The van der Waals surface area contributed by atoms with Crippen LogP contribution in [0.25, 0.3) is 0 Å². The maximum atomic E-state index is 9.74. The molecule has 13 heavy (non-hydrogen) atoms. The molecule has 0 unspecified atom stereocenters. The average molecular weight is 179 g/mol. The average Bonchev–Trinajstić information content (AvgIpc) is 2.49. The first-order chi connectivity index (χ1) is 6.24. The zero-order valence-electron chi connectivity index (χ0n) is 7.33. The van der Waals surface area contributed by atoms with Gasteiger partial charge in [-0.3, -0.25) is 0 Å². The molecule has 0 spiro atoms. The van der Waals surface area contributed by atoms with E-state index < -0.39 is 0 Å². The van der Waals surface area contributed by atoms with Crippen LogP contribution in [0.5, 0.6) is 5.75 Å². The minimum atomic E-state index is -0.133. The van der Waals surface area contributed by atoms with Crippen LogP contribution < -0.4 is 5.73 Å². The van der Waals surface area contributed by atoms with Gasteiger partial charge in [0.25, 0.3) is 0 Å². The van der Waals surface area contributed by atoms with Crippen molar-refractivity contribution >= 4 is 0 Å². The second-order valence-corrected chi connectivity index (χ2v) is 3.45. The SMILES string of the molecule is N[C@@H]1CCc2ccc(CO)c(O)c21. The Kier molecular flexibility index (Phi) is 1.98. The Morgan fingerprint density at radius 3 is 2.92 bits per heavy atom. The summed E-state index contributed by atoms with van der Waals surface area (Å²) in [4.78, 5) is 0. The molecular formula is C10H13NO2. The molecule has 1 aromatic rings. The molecule has 3 nitrogen and oxygen atoms in total. The Morgan fingerprint density at radius 1 is 1.46 bits per heavy atom. The van der Waals surface area contributed by atoms with Crippen LogP contribution in [0.15, 0.2) is 12.1 Å². The van der Waals surface area contributed by atoms with Crippen molar-refractivity contribution in [1.82, 2.24) is 0 Å². The Bertz CT molecular complexity index is 336. The van der Waals surface area contributed by atoms with E-state index in [4.69, 9.17) is 10.8 Å². The van der Waals surface area contributed by atoms with Gasteiger partial charge in [-0.05, 0) is 18.4 Å². The third-order valence-corrected chi connectivity index (χ3v) is 2.66. The molecule has 0 saturated carbocycles. The third-order valence-electron chi connectivity index (χ3n) is 2.66. The van der Waals surface area contributed by atoms with E-state index in [9.17, 15) is 5.11 Å². The smallest absolute Gasteiger partial charge is 0.126 e. The fourth-order valence-corrected chi connectivity index (χ4v) is 1.91. The quantitative estimate of drug-likeness (QED) is 0.598. The first kappa shape index (κ1) is 8.53. The highest BCUT2D eigenvalue weighted by molar-refractivity contribution is 5.49. The maximum absolute atomic E-state index is 9.74. The molecule has 3 heteroatoms. The summed E-state index contributed by atoms with van der Waals surface area (Å²) in [6, 6.07) is 3.63. The normalized spacial score (nSPS) is 20.3. The van der Waals surface area contributed by atoms with E-state index in [2.05, 4.69) is 0 Å². The number of hydrogen-bond donors (Lipinski definition) is 3. The van der Waals surface area contributed by atoms with Crippen molar-refractivity contribution in [2.75, 3.05) is 0 Å². The molecular weight excluding hydrogens is 166 g/mol. The molecule has 1 atom stereocenters. The Morgan fingerprint density at radius 2 is 2.23 bits per heavy atom. The highest BCUT2D eigenvalue weighted by Gasteiger charge is 2.23. The van der Waals surface area contributed by atoms with Crippen molar-refractivity contribution < 1.29 is 10.2 Å². The second kappa shape index (κ2) is 3.01. The largest absolute Gasteiger partial charge is 0.507 e. The van der Waals surface area contributed by atoms with Gasteiger partial charge in [-0.2, -0.15) is 0 Å². The van der Waals surface area contributed by atoms with Crippen molar-refractivity contribution in [1.29, 1.82) is 0 Å². The Balaban J connectivity index is 2.56. The third kappa shape index (κ3) is 1.20. The van der Waals surface area contributed by atoms with Gasteiger partial charge in [-0.25, -0.2) is 0 Å². The van der Waals surface area contributed by atoms with Gasteiger partial charge in [0.15, 0.2) is 0 Å². The molecule has 70 valence electrons. The zero-order valence-corrected chi connectivity index (χ0v) is 7.33. The van der Waals surface area contributed by atoms with Crippen molar-refractivity contribution in [3.05, 3.63) is 28.8 Å². The van der Waals surface area contributed by atoms with Crippen LogP contribution in [0, 0.1) is 0 Å². The molecule has 0 heterocycles. The molecule has 1 aromatic carbocycles. The van der Waals surface area contributed by atoms with E-state index in [-0.39, 0.29) is 18.4 Å². The fraction of sp³-hybridized carbons (Fsp3) is 0.400. The number of aromatic hydroxyl groups is 1. The summed E-state index contributed by atoms with van der Waals surface area (Å²) in [6.45, 7) is -0.133. The van der Waals surface area contributed by atoms with E-state index in [1.807, 2.05) is 6.07 Å². The standard InChI is InChI=1S/C10H13NO2/c11-8-4-3-6-1-2-7(5-12)10(13)9(6)8/h1-2,8,12-13H,3-5,11H2/t8-/m1/s1. The highest BCUT2D eigenvalue weighted by Crippen LogP contribution is 2.37. The number of aliphatic hydroxyl groups excluding tert-OH is 1. The van der Waals surface area contributed by atoms with E-state index in [0.717, 1.165) is 24.0 Å². The minimum Gasteiger partial charge on any atom is -0.507 e. The summed E-state index contributed by atoms with van der Waals surface area (Å²) in [5, 5.41) is 18.7. The van der Waals surface area contributed by atoms with Crippen LogP contribution in [0.4, 0.5) is 0 Å². The maximum Gasteiger partial charge on any atom is 0.126 e. The summed E-state index contributed by atoms with van der Waals surface area (Å²) >= 11 is 0. The van der Waals surface area contributed by atoms with Crippen LogP contribution in [0.1, 0.15) is 29.2 Å². The van der Waals surface area contributed by atoms with Crippen molar-refractivity contribution in [3.63, 3.8) is 0 Å². The van der Waals surface area contributed by atoms with Gasteiger partial charge >= 0.3 is 0 Å².